The summed E-state index contributed by atoms with van der Waals surface area (Å²) in [6.45, 7) is 1.79. The Balaban J connectivity index is 2.72. The van der Waals surface area contributed by atoms with Gasteiger partial charge in [-0.15, -0.1) is 0 Å². The van der Waals surface area contributed by atoms with Crippen molar-refractivity contribution < 1.29 is 14.3 Å². The molecular formula is C13H12O4. The molecule has 0 fully saturated rings. The van der Waals surface area contributed by atoms with E-state index in [1.54, 1.807) is 31.2 Å². The Labute approximate surface area is 97.5 Å². The second kappa shape index (κ2) is 4.41. The zero-order valence-corrected chi connectivity index (χ0v) is 9.34. The molecule has 2 aromatic rings. The van der Waals surface area contributed by atoms with E-state index in [1.807, 2.05) is 0 Å². The number of carboxylic acid groups (broad SMARTS) is 1. The van der Waals surface area contributed by atoms with Crippen molar-refractivity contribution in [2.45, 2.75) is 19.3 Å². The third-order valence-electron chi connectivity index (χ3n) is 2.76. The SMILES string of the molecule is CCC(C(=O)O)c1cccc2ccc(=O)oc12. The van der Waals surface area contributed by atoms with Gasteiger partial charge in [-0.2, -0.15) is 0 Å². The van der Waals surface area contributed by atoms with Gasteiger partial charge < -0.3 is 9.52 Å². The first kappa shape index (κ1) is 11.4. The molecule has 1 heterocycles. The molecule has 4 nitrogen and oxygen atoms in total. The molecule has 1 aromatic carbocycles. The molecule has 88 valence electrons. The smallest absolute Gasteiger partial charge is 0.336 e. The molecule has 0 saturated heterocycles. The van der Waals surface area contributed by atoms with Crippen molar-refractivity contribution in [2.24, 2.45) is 0 Å². The topological polar surface area (TPSA) is 67.5 Å². The summed E-state index contributed by atoms with van der Waals surface area (Å²) in [4.78, 5) is 22.3. The molecular weight excluding hydrogens is 220 g/mol. The first-order valence-electron chi connectivity index (χ1n) is 5.39. The van der Waals surface area contributed by atoms with Crippen molar-refractivity contribution in [3.63, 3.8) is 0 Å². The molecule has 0 aliphatic carbocycles. The van der Waals surface area contributed by atoms with Crippen LogP contribution in [-0.2, 0) is 4.79 Å². The number of para-hydroxylation sites is 1. The summed E-state index contributed by atoms with van der Waals surface area (Å²) in [7, 11) is 0. The van der Waals surface area contributed by atoms with Crippen molar-refractivity contribution in [3.8, 4) is 0 Å². The van der Waals surface area contributed by atoms with Gasteiger partial charge in [0.2, 0.25) is 0 Å². The van der Waals surface area contributed by atoms with E-state index in [0.717, 1.165) is 5.39 Å². The summed E-state index contributed by atoms with van der Waals surface area (Å²) in [5, 5.41) is 9.87. The third-order valence-corrected chi connectivity index (χ3v) is 2.76. The average molecular weight is 232 g/mol. The van der Waals surface area contributed by atoms with E-state index in [1.165, 1.54) is 6.07 Å². The summed E-state index contributed by atoms with van der Waals surface area (Å²) < 4.78 is 5.11. The van der Waals surface area contributed by atoms with Crippen molar-refractivity contribution in [1.82, 2.24) is 0 Å². The minimum absolute atomic E-state index is 0.370. The number of hydrogen-bond donors (Lipinski definition) is 1. The molecule has 1 atom stereocenters. The van der Waals surface area contributed by atoms with Crippen LogP contribution < -0.4 is 5.63 Å². The van der Waals surface area contributed by atoms with Gasteiger partial charge in [0.15, 0.2) is 0 Å². The van der Waals surface area contributed by atoms with Gasteiger partial charge in [-0.05, 0) is 12.5 Å². The zero-order valence-electron chi connectivity index (χ0n) is 9.34. The lowest BCUT2D eigenvalue weighted by atomic mass is 9.95. The van der Waals surface area contributed by atoms with Crippen LogP contribution in [0.2, 0.25) is 0 Å². The van der Waals surface area contributed by atoms with Crippen molar-refractivity contribution in [3.05, 3.63) is 46.3 Å². The van der Waals surface area contributed by atoms with Gasteiger partial charge in [0.25, 0.3) is 0 Å². The maximum Gasteiger partial charge on any atom is 0.336 e. The van der Waals surface area contributed by atoms with Gasteiger partial charge in [-0.3, -0.25) is 4.79 Å². The number of aliphatic carboxylic acids is 1. The van der Waals surface area contributed by atoms with E-state index >= 15 is 0 Å². The molecule has 0 spiro atoms. The number of carboxylic acids is 1. The zero-order chi connectivity index (χ0) is 12.4. The monoisotopic (exact) mass is 232 g/mol. The number of benzene rings is 1. The van der Waals surface area contributed by atoms with Crippen molar-refractivity contribution >= 4 is 16.9 Å². The van der Waals surface area contributed by atoms with E-state index < -0.39 is 17.5 Å². The van der Waals surface area contributed by atoms with Crippen LogP contribution in [0.15, 0.2) is 39.5 Å². The lowest BCUT2D eigenvalue weighted by Gasteiger charge is -2.11. The van der Waals surface area contributed by atoms with Crippen LogP contribution in [0.25, 0.3) is 11.0 Å². The van der Waals surface area contributed by atoms with E-state index in [0.29, 0.717) is 17.6 Å². The van der Waals surface area contributed by atoms with Gasteiger partial charge in [-0.25, -0.2) is 4.79 Å². The molecule has 1 aromatic heterocycles. The Morgan fingerprint density at radius 3 is 2.76 bits per heavy atom. The molecule has 2 rings (SSSR count). The molecule has 0 saturated carbocycles. The van der Waals surface area contributed by atoms with Gasteiger partial charge >= 0.3 is 11.6 Å². The highest BCUT2D eigenvalue weighted by Crippen LogP contribution is 2.27. The molecule has 0 bridgehead atoms. The van der Waals surface area contributed by atoms with Crippen molar-refractivity contribution in [1.29, 1.82) is 0 Å². The number of carbonyl (C=O) groups is 1. The van der Waals surface area contributed by atoms with Crippen LogP contribution in [0.3, 0.4) is 0 Å². The predicted octanol–water partition coefficient (Wildman–Crippen LogP) is 2.37. The summed E-state index contributed by atoms with van der Waals surface area (Å²) in [6, 6.07) is 8.21. The fourth-order valence-corrected chi connectivity index (χ4v) is 1.92. The predicted molar refractivity (Wildman–Crippen MR) is 63.2 cm³/mol. The Hall–Kier alpha value is -2.10. The second-order valence-corrected chi connectivity index (χ2v) is 3.82. The fraction of sp³-hybridized carbons (Fsp3) is 0.231. The lowest BCUT2D eigenvalue weighted by Crippen LogP contribution is -2.11. The second-order valence-electron chi connectivity index (χ2n) is 3.82. The first-order chi connectivity index (χ1) is 8.13. The maximum atomic E-state index is 11.2. The van der Waals surface area contributed by atoms with Gasteiger partial charge in [-0.1, -0.05) is 25.1 Å². The normalized spacial score (nSPS) is 12.5. The van der Waals surface area contributed by atoms with Gasteiger partial charge in [0.1, 0.15) is 5.58 Å². The van der Waals surface area contributed by atoms with Crippen LogP contribution >= 0.6 is 0 Å². The van der Waals surface area contributed by atoms with Crippen LogP contribution in [0.5, 0.6) is 0 Å². The van der Waals surface area contributed by atoms with Crippen LogP contribution in [0.4, 0.5) is 0 Å². The molecule has 0 aliphatic rings. The number of fused-ring (bicyclic) bond motifs is 1. The highest BCUT2D eigenvalue weighted by atomic mass is 16.4. The Morgan fingerprint density at radius 1 is 1.35 bits per heavy atom. The highest BCUT2D eigenvalue weighted by Gasteiger charge is 2.21. The summed E-state index contributed by atoms with van der Waals surface area (Å²) >= 11 is 0. The maximum absolute atomic E-state index is 11.2. The molecule has 0 radical (unpaired) electrons. The minimum Gasteiger partial charge on any atom is -0.481 e. The molecule has 0 aliphatic heterocycles. The van der Waals surface area contributed by atoms with Crippen molar-refractivity contribution in [2.75, 3.05) is 0 Å². The fourth-order valence-electron chi connectivity index (χ4n) is 1.92. The van der Waals surface area contributed by atoms with E-state index in [9.17, 15) is 9.59 Å². The molecule has 4 heteroatoms. The van der Waals surface area contributed by atoms with E-state index in [-0.39, 0.29) is 0 Å². The van der Waals surface area contributed by atoms with E-state index in [2.05, 4.69) is 0 Å². The standard InChI is InChI=1S/C13H12O4/c1-2-9(13(15)16)10-5-3-4-8-6-7-11(14)17-12(8)10/h3-7,9H,2H2,1H3,(H,15,16). The summed E-state index contributed by atoms with van der Waals surface area (Å²) in [6.07, 6.45) is 0.451. The highest BCUT2D eigenvalue weighted by molar-refractivity contribution is 5.86. The third kappa shape index (κ3) is 2.06. The molecule has 1 N–H and O–H groups in total. The average Bonchev–Trinajstić information content (AvgIpc) is 2.30. The quantitative estimate of drug-likeness (QED) is 0.825. The van der Waals surface area contributed by atoms with Gasteiger partial charge in [0.05, 0.1) is 5.92 Å². The van der Waals surface area contributed by atoms with Crippen LogP contribution in [-0.4, -0.2) is 11.1 Å². The Bertz CT molecular complexity index is 612. The molecule has 17 heavy (non-hydrogen) atoms. The Kier molecular flexibility index (Phi) is 2.95. The lowest BCUT2D eigenvalue weighted by molar-refractivity contribution is -0.138. The van der Waals surface area contributed by atoms with E-state index in [4.69, 9.17) is 9.52 Å². The van der Waals surface area contributed by atoms with Gasteiger partial charge in [0, 0.05) is 17.0 Å². The molecule has 1 unspecified atom stereocenters. The first-order valence-corrected chi connectivity index (χ1v) is 5.39. The minimum atomic E-state index is -0.911. The number of rotatable bonds is 3. The number of hydrogen-bond acceptors (Lipinski definition) is 3. The summed E-state index contributed by atoms with van der Waals surface area (Å²) in [5.74, 6) is -1.56. The van der Waals surface area contributed by atoms with Crippen LogP contribution in [0.1, 0.15) is 24.8 Å². The molecule has 0 amide bonds. The largest absolute Gasteiger partial charge is 0.481 e. The Morgan fingerprint density at radius 2 is 2.12 bits per heavy atom. The summed E-state index contributed by atoms with van der Waals surface area (Å²) in [5.41, 5.74) is 0.453. The van der Waals surface area contributed by atoms with Crippen LogP contribution in [0, 0.1) is 0 Å².